The summed E-state index contributed by atoms with van der Waals surface area (Å²) >= 11 is 0. The van der Waals surface area contributed by atoms with Gasteiger partial charge in [-0.1, -0.05) is 19.8 Å². The number of carboxylic acid groups (broad SMARTS) is 1. The summed E-state index contributed by atoms with van der Waals surface area (Å²) in [5, 5.41) is 13.7. The molecular formula is C13H25N3O4. The van der Waals surface area contributed by atoms with Gasteiger partial charge in [-0.25, -0.2) is 0 Å². The lowest BCUT2D eigenvalue weighted by atomic mass is 9.94. The molecule has 0 aromatic rings. The maximum absolute atomic E-state index is 11.4. The van der Waals surface area contributed by atoms with Crippen LogP contribution in [0, 0.1) is 5.92 Å². The third-order valence-corrected chi connectivity index (χ3v) is 2.97. The molecule has 5 N–H and O–H groups in total. The quantitative estimate of drug-likeness (QED) is 0.421. The average Bonchev–Trinajstić information content (AvgIpc) is 2.41. The second-order valence-electron chi connectivity index (χ2n) is 4.71. The van der Waals surface area contributed by atoms with Crippen molar-refractivity contribution in [3.05, 3.63) is 0 Å². The SMILES string of the molecule is CCCC(CCNC(=O)CNC(=O)CN)CCC(=O)O. The number of carbonyl (C=O) groups is 3. The Morgan fingerprint density at radius 3 is 2.35 bits per heavy atom. The molecule has 0 heterocycles. The van der Waals surface area contributed by atoms with E-state index in [9.17, 15) is 14.4 Å². The topological polar surface area (TPSA) is 122 Å². The fourth-order valence-electron chi connectivity index (χ4n) is 1.90. The molecule has 7 heteroatoms. The van der Waals surface area contributed by atoms with Crippen molar-refractivity contribution in [3.63, 3.8) is 0 Å². The van der Waals surface area contributed by atoms with E-state index in [1.54, 1.807) is 0 Å². The van der Waals surface area contributed by atoms with Crippen molar-refractivity contribution in [2.45, 2.75) is 39.0 Å². The molecule has 0 aromatic carbocycles. The fourth-order valence-corrected chi connectivity index (χ4v) is 1.90. The molecular weight excluding hydrogens is 262 g/mol. The molecule has 0 aliphatic heterocycles. The molecule has 0 spiro atoms. The van der Waals surface area contributed by atoms with Gasteiger partial charge in [-0.3, -0.25) is 14.4 Å². The summed E-state index contributed by atoms with van der Waals surface area (Å²) in [4.78, 5) is 32.8. The predicted molar refractivity (Wildman–Crippen MR) is 75.0 cm³/mol. The molecule has 0 fully saturated rings. The van der Waals surface area contributed by atoms with Crippen LogP contribution in [0.4, 0.5) is 0 Å². The van der Waals surface area contributed by atoms with Crippen LogP contribution in [0.25, 0.3) is 0 Å². The molecule has 0 aliphatic rings. The molecule has 0 saturated carbocycles. The Labute approximate surface area is 119 Å². The maximum atomic E-state index is 11.4. The lowest BCUT2D eigenvalue weighted by Crippen LogP contribution is -2.40. The largest absolute Gasteiger partial charge is 0.481 e. The number of carboxylic acids is 1. The molecule has 1 unspecified atom stereocenters. The summed E-state index contributed by atoms with van der Waals surface area (Å²) in [6.07, 6.45) is 3.48. The Balaban J connectivity index is 3.83. The highest BCUT2D eigenvalue weighted by Crippen LogP contribution is 2.16. The summed E-state index contributed by atoms with van der Waals surface area (Å²) in [5.41, 5.74) is 5.10. The van der Waals surface area contributed by atoms with Crippen molar-refractivity contribution in [2.24, 2.45) is 11.7 Å². The van der Waals surface area contributed by atoms with Gasteiger partial charge in [0.05, 0.1) is 13.1 Å². The van der Waals surface area contributed by atoms with Gasteiger partial charge < -0.3 is 21.5 Å². The third kappa shape index (κ3) is 10.3. The summed E-state index contributed by atoms with van der Waals surface area (Å²) < 4.78 is 0. The van der Waals surface area contributed by atoms with E-state index in [0.717, 1.165) is 19.3 Å². The van der Waals surface area contributed by atoms with Gasteiger partial charge in [0.15, 0.2) is 0 Å². The smallest absolute Gasteiger partial charge is 0.303 e. The predicted octanol–water partition coefficient (Wildman–Crippen LogP) is -0.151. The van der Waals surface area contributed by atoms with Crippen LogP contribution in [0.5, 0.6) is 0 Å². The number of nitrogens with one attached hydrogen (secondary N) is 2. The van der Waals surface area contributed by atoms with Crippen molar-refractivity contribution in [3.8, 4) is 0 Å². The number of hydrogen-bond acceptors (Lipinski definition) is 4. The molecule has 0 bridgehead atoms. The molecule has 0 aromatic heterocycles. The molecule has 0 aliphatic carbocycles. The molecule has 0 rings (SSSR count). The number of nitrogens with two attached hydrogens (primary N) is 1. The van der Waals surface area contributed by atoms with E-state index < -0.39 is 5.97 Å². The van der Waals surface area contributed by atoms with Crippen molar-refractivity contribution < 1.29 is 19.5 Å². The Morgan fingerprint density at radius 2 is 1.80 bits per heavy atom. The lowest BCUT2D eigenvalue weighted by molar-refractivity contribution is -0.137. The van der Waals surface area contributed by atoms with Crippen molar-refractivity contribution in [1.82, 2.24) is 10.6 Å². The van der Waals surface area contributed by atoms with Gasteiger partial charge in [0.1, 0.15) is 0 Å². The summed E-state index contributed by atoms with van der Waals surface area (Å²) in [6, 6.07) is 0. The van der Waals surface area contributed by atoms with E-state index in [1.165, 1.54) is 0 Å². The van der Waals surface area contributed by atoms with Gasteiger partial charge in [0.25, 0.3) is 0 Å². The van der Waals surface area contributed by atoms with Gasteiger partial charge in [0, 0.05) is 13.0 Å². The summed E-state index contributed by atoms with van der Waals surface area (Å²) in [5.74, 6) is -1.12. The van der Waals surface area contributed by atoms with E-state index in [0.29, 0.717) is 18.9 Å². The molecule has 116 valence electrons. The van der Waals surface area contributed by atoms with E-state index in [4.69, 9.17) is 10.8 Å². The number of aliphatic carboxylic acids is 1. The van der Waals surface area contributed by atoms with Gasteiger partial charge in [-0.2, -0.15) is 0 Å². The van der Waals surface area contributed by atoms with Crippen LogP contribution >= 0.6 is 0 Å². The average molecular weight is 287 g/mol. The zero-order valence-electron chi connectivity index (χ0n) is 12.0. The van der Waals surface area contributed by atoms with E-state index in [-0.39, 0.29) is 31.3 Å². The highest BCUT2D eigenvalue weighted by molar-refractivity contribution is 5.85. The number of carbonyl (C=O) groups excluding carboxylic acids is 2. The van der Waals surface area contributed by atoms with Crippen LogP contribution in [0.15, 0.2) is 0 Å². The highest BCUT2D eigenvalue weighted by Gasteiger charge is 2.11. The van der Waals surface area contributed by atoms with E-state index >= 15 is 0 Å². The summed E-state index contributed by atoms with van der Waals surface area (Å²) in [7, 11) is 0. The van der Waals surface area contributed by atoms with Crippen LogP contribution in [0.1, 0.15) is 39.0 Å². The fraction of sp³-hybridized carbons (Fsp3) is 0.769. The van der Waals surface area contributed by atoms with Crippen molar-refractivity contribution >= 4 is 17.8 Å². The van der Waals surface area contributed by atoms with Crippen LogP contribution in [0.3, 0.4) is 0 Å². The Morgan fingerprint density at radius 1 is 1.10 bits per heavy atom. The Hall–Kier alpha value is -1.63. The first kappa shape index (κ1) is 18.4. The van der Waals surface area contributed by atoms with Gasteiger partial charge in [-0.05, 0) is 18.8 Å². The minimum atomic E-state index is -0.792. The third-order valence-electron chi connectivity index (χ3n) is 2.97. The first-order chi connectivity index (χ1) is 9.49. The summed E-state index contributed by atoms with van der Waals surface area (Å²) in [6.45, 7) is 2.32. The van der Waals surface area contributed by atoms with Crippen LogP contribution in [-0.4, -0.2) is 42.5 Å². The standard InChI is InChI=1S/C13H25N3O4/c1-2-3-10(4-5-13(19)20)6-7-15-12(18)9-16-11(17)8-14/h10H,2-9,14H2,1H3,(H,15,18)(H,16,17)(H,19,20). The van der Waals surface area contributed by atoms with Gasteiger partial charge >= 0.3 is 5.97 Å². The highest BCUT2D eigenvalue weighted by atomic mass is 16.4. The van der Waals surface area contributed by atoms with E-state index in [1.807, 2.05) is 0 Å². The van der Waals surface area contributed by atoms with Crippen molar-refractivity contribution in [1.29, 1.82) is 0 Å². The van der Waals surface area contributed by atoms with Crippen LogP contribution in [0.2, 0.25) is 0 Å². The Bertz CT molecular complexity index is 321. The normalized spacial score (nSPS) is 11.7. The van der Waals surface area contributed by atoms with Crippen molar-refractivity contribution in [2.75, 3.05) is 19.6 Å². The van der Waals surface area contributed by atoms with Crippen LogP contribution < -0.4 is 16.4 Å². The number of hydrogen-bond donors (Lipinski definition) is 4. The monoisotopic (exact) mass is 287 g/mol. The second kappa shape index (κ2) is 11.2. The van der Waals surface area contributed by atoms with Crippen LogP contribution in [-0.2, 0) is 14.4 Å². The number of amides is 2. The molecule has 2 amide bonds. The molecule has 0 saturated heterocycles. The van der Waals surface area contributed by atoms with E-state index in [2.05, 4.69) is 17.6 Å². The molecule has 7 nitrogen and oxygen atoms in total. The van der Waals surface area contributed by atoms with Gasteiger partial charge in [0.2, 0.25) is 11.8 Å². The first-order valence-electron chi connectivity index (χ1n) is 6.94. The number of rotatable bonds is 11. The zero-order valence-corrected chi connectivity index (χ0v) is 12.0. The lowest BCUT2D eigenvalue weighted by Gasteiger charge is -2.15. The minimum Gasteiger partial charge on any atom is -0.481 e. The Kier molecular flexibility index (Phi) is 10.3. The van der Waals surface area contributed by atoms with Gasteiger partial charge in [-0.15, -0.1) is 0 Å². The zero-order chi connectivity index (χ0) is 15.4. The molecule has 0 radical (unpaired) electrons. The molecule has 20 heavy (non-hydrogen) atoms. The molecule has 1 atom stereocenters. The first-order valence-corrected chi connectivity index (χ1v) is 6.94. The maximum Gasteiger partial charge on any atom is 0.303 e. The second-order valence-corrected chi connectivity index (χ2v) is 4.71. The minimum absolute atomic E-state index is 0.0798.